The second-order valence-corrected chi connectivity index (χ2v) is 10.2. The lowest BCUT2D eigenvalue weighted by molar-refractivity contribution is -0.0957. The first-order valence-corrected chi connectivity index (χ1v) is 12.2. The van der Waals surface area contributed by atoms with Crippen LogP contribution in [0.1, 0.15) is 37.3 Å². The lowest BCUT2D eigenvalue weighted by Crippen LogP contribution is -2.52. The van der Waals surface area contributed by atoms with E-state index in [0.29, 0.717) is 18.0 Å². The summed E-state index contributed by atoms with van der Waals surface area (Å²) in [6, 6.07) is 10.9. The maximum absolute atomic E-state index is 13.9. The van der Waals surface area contributed by atoms with E-state index in [-0.39, 0.29) is 11.2 Å². The SMILES string of the molecule is C=CN(/C=C(/C)N)c1ccc(/C=C2\CC3(CC3)CN3C2=NOC32CNc3cc(F)ccc32)cc1OC. The van der Waals surface area contributed by atoms with Crippen molar-refractivity contribution in [1.29, 1.82) is 0 Å². The van der Waals surface area contributed by atoms with E-state index in [2.05, 4.69) is 34.1 Å². The van der Waals surface area contributed by atoms with Crippen molar-refractivity contribution in [3.8, 4) is 5.75 Å². The predicted octanol–water partition coefficient (Wildman–Crippen LogP) is 5.10. The van der Waals surface area contributed by atoms with Crippen molar-refractivity contribution in [2.75, 3.05) is 30.4 Å². The number of hydrogen-bond acceptors (Lipinski definition) is 7. The van der Waals surface area contributed by atoms with Crippen molar-refractivity contribution in [2.24, 2.45) is 16.3 Å². The van der Waals surface area contributed by atoms with E-state index in [1.165, 1.54) is 25.0 Å². The van der Waals surface area contributed by atoms with Gasteiger partial charge in [-0.3, -0.25) is 0 Å². The minimum atomic E-state index is -0.744. The van der Waals surface area contributed by atoms with Gasteiger partial charge in [0.05, 0.1) is 19.3 Å². The topological polar surface area (TPSA) is 75.4 Å². The molecule has 3 aliphatic heterocycles. The Morgan fingerprint density at radius 3 is 2.86 bits per heavy atom. The summed E-state index contributed by atoms with van der Waals surface area (Å²) in [6.45, 7) is 7.13. The van der Waals surface area contributed by atoms with Crippen LogP contribution >= 0.6 is 0 Å². The average Bonchev–Trinajstić information content (AvgIpc) is 3.35. The summed E-state index contributed by atoms with van der Waals surface area (Å²) < 4.78 is 19.6. The van der Waals surface area contributed by atoms with Gasteiger partial charge in [-0.15, -0.1) is 0 Å². The summed E-state index contributed by atoms with van der Waals surface area (Å²) in [7, 11) is 1.66. The number of benzene rings is 2. The standard InChI is InChI=1S/C28H30FN5O2/c1-4-33(15-18(2)30)24-8-5-19(12-25(24)35-3)11-20-14-27(9-10-27)17-34-26(20)32-36-28(34)16-31-23-13-21(29)6-7-22(23)28/h4-8,11-13,15,31H,1,9-10,14,16-17,30H2,2-3H3/b18-15-,20-11+. The maximum Gasteiger partial charge on any atom is 0.256 e. The molecule has 0 aromatic heterocycles. The average molecular weight is 488 g/mol. The third kappa shape index (κ3) is 3.51. The molecule has 0 radical (unpaired) electrons. The number of piperidine rings is 1. The highest BCUT2D eigenvalue weighted by Gasteiger charge is 2.59. The fourth-order valence-electron chi connectivity index (χ4n) is 5.60. The first kappa shape index (κ1) is 22.5. The Morgan fingerprint density at radius 2 is 2.14 bits per heavy atom. The smallest absolute Gasteiger partial charge is 0.256 e. The van der Waals surface area contributed by atoms with E-state index >= 15 is 0 Å². The van der Waals surface area contributed by atoms with Crippen LogP contribution in [0, 0.1) is 11.2 Å². The number of rotatable bonds is 5. The Balaban J connectivity index is 1.36. The van der Waals surface area contributed by atoms with Crippen molar-refractivity contribution in [3.63, 3.8) is 0 Å². The highest BCUT2D eigenvalue weighted by Crippen LogP contribution is 2.58. The fourth-order valence-corrected chi connectivity index (χ4v) is 5.60. The van der Waals surface area contributed by atoms with Crippen LogP contribution in [0.2, 0.25) is 0 Å². The molecule has 3 N–H and O–H groups in total. The van der Waals surface area contributed by atoms with Gasteiger partial charge in [-0.1, -0.05) is 17.8 Å². The monoisotopic (exact) mass is 487 g/mol. The van der Waals surface area contributed by atoms with E-state index in [9.17, 15) is 4.39 Å². The molecule has 36 heavy (non-hydrogen) atoms. The molecule has 0 amide bonds. The van der Waals surface area contributed by atoms with Crippen molar-refractivity contribution in [3.05, 3.63) is 83.6 Å². The second-order valence-electron chi connectivity index (χ2n) is 10.2. The van der Waals surface area contributed by atoms with Gasteiger partial charge in [0.25, 0.3) is 5.72 Å². The van der Waals surface area contributed by atoms with Gasteiger partial charge in [-0.25, -0.2) is 4.39 Å². The Morgan fingerprint density at radius 1 is 1.31 bits per heavy atom. The van der Waals surface area contributed by atoms with Crippen LogP contribution in [-0.2, 0) is 10.6 Å². The summed E-state index contributed by atoms with van der Waals surface area (Å²) in [5, 5.41) is 7.91. The van der Waals surface area contributed by atoms with Gasteiger partial charge in [0.15, 0.2) is 5.84 Å². The zero-order valence-electron chi connectivity index (χ0n) is 20.6. The molecule has 1 atom stereocenters. The number of methoxy groups -OCH3 is 1. The Kier molecular flexibility index (Phi) is 5.03. The van der Waals surface area contributed by atoms with Crippen molar-refractivity contribution < 1.29 is 14.0 Å². The lowest BCUT2D eigenvalue weighted by atomic mass is 9.86. The molecule has 186 valence electrons. The molecule has 6 rings (SSSR count). The van der Waals surface area contributed by atoms with E-state index < -0.39 is 5.72 Å². The summed E-state index contributed by atoms with van der Waals surface area (Å²) in [4.78, 5) is 10.3. The third-order valence-corrected chi connectivity index (χ3v) is 7.56. The van der Waals surface area contributed by atoms with Crippen LogP contribution in [0.15, 0.2) is 71.8 Å². The normalized spacial score (nSPS) is 24.2. The number of ether oxygens (including phenoxy) is 1. The highest BCUT2D eigenvalue weighted by molar-refractivity contribution is 6.04. The van der Waals surface area contributed by atoms with Gasteiger partial charge in [0.2, 0.25) is 0 Å². The van der Waals surface area contributed by atoms with E-state index in [1.54, 1.807) is 13.3 Å². The molecular weight excluding hydrogens is 457 g/mol. The van der Waals surface area contributed by atoms with Crippen molar-refractivity contribution in [1.82, 2.24) is 4.90 Å². The first-order valence-electron chi connectivity index (χ1n) is 12.2. The van der Waals surface area contributed by atoms with Crippen LogP contribution in [0.4, 0.5) is 15.8 Å². The van der Waals surface area contributed by atoms with Crippen molar-refractivity contribution in [2.45, 2.75) is 31.9 Å². The van der Waals surface area contributed by atoms with E-state index in [1.807, 2.05) is 36.2 Å². The van der Waals surface area contributed by atoms with Gasteiger partial charge in [0.1, 0.15) is 11.6 Å². The number of anilines is 2. The Labute approximate surface area is 210 Å². The van der Waals surface area contributed by atoms with Crippen LogP contribution in [0.5, 0.6) is 5.75 Å². The van der Waals surface area contributed by atoms with E-state index in [4.69, 9.17) is 15.3 Å². The number of nitrogens with two attached hydrogens (primary N) is 1. The molecule has 1 unspecified atom stereocenters. The number of oxime groups is 1. The molecule has 1 saturated carbocycles. The van der Waals surface area contributed by atoms with Crippen LogP contribution in [-0.4, -0.2) is 30.9 Å². The quantitative estimate of drug-likeness (QED) is 0.612. The second kappa shape index (κ2) is 8.05. The summed E-state index contributed by atoms with van der Waals surface area (Å²) in [5.41, 5.74) is 10.7. The van der Waals surface area contributed by atoms with Crippen LogP contribution in [0.3, 0.4) is 0 Å². The minimum absolute atomic E-state index is 0.224. The van der Waals surface area contributed by atoms with Crippen LogP contribution in [0.25, 0.3) is 6.08 Å². The Hall–Kier alpha value is -3.94. The summed E-state index contributed by atoms with van der Waals surface area (Å²) >= 11 is 0. The molecule has 2 fully saturated rings. The first-order chi connectivity index (χ1) is 17.4. The van der Waals surface area contributed by atoms with E-state index in [0.717, 1.165) is 46.9 Å². The largest absolute Gasteiger partial charge is 0.495 e. The maximum atomic E-state index is 13.9. The van der Waals surface area contributed by atoms with Gasteiger partial charge in [0, 0.05) is 35.9 Å². The molecule has 7 nitrogen and oxygen atoms in total. The van der Waals surface area contributed by atoms with Gasteiger partial charge >= 0.3 is 0 Å². The number of halogens is 1. The van der Waals surface area contributed by atoms with Gasteiger partial charge < -0.3 is 30.4 Å². The van der Waals surface area contributed by atoms with Crippen molar-refractivity contribution >= 4 is 23.3 Å². The molecule has 0 bridgehead atoms. The number of hydrogen-bond donors (Lipinski definition) is 2. The molecule has 3 heterocycles. The van der Waals surface area contributed by atoms with Gasteiger partial charge in [-0.05, 0) is 79.1 Å². The molecule has 1 saturated heterocycles. The third-order valence-electron chi connectivity index (χ3n) is 7.56. The Bertz CT molecular complexity index is 1340. The number of amidine groups is 1. The summed E-state index contributed by atoms with van der Waals surface area (Å²) in [6.07, 6.45) is 8.98. The number of fused-ring (bicyclic) bond motifs is 4. The number of nitrogens with zero attached hydrogens (tertiary/aromatic N) is 3. The number of allylic oxidation sites excluding steroid dienone is 1. The lowest BCUT2D eigenvalue weighted by Gasteiger charge is -2.40. The molecule has 1 aliphatic carbocycles. The summed E-state index contributed by atoms with van der Waals surface area (Å²) in [5.74, 6) is 1.30. The predicted molar refractivity (Wildman–Crippen MR) is 140 cm³/mol. The molecule has 2 aromatic rings. The molecular formula is C28H30FN5O2. The molecule has 2 aromatic carbocycles. The number of nitrogens with one attached hydrogen (secondary N) is 1. The minimum Gasteiger partial charge on any atom is -0.495 e. The van der Waals surface area contributed by atoms with Crippen LogP contribution < -0.4 is 20.7 Å². The molecule has 8 heteroatoms. The fraction of sp³-hybridized carbons (Fsp3) is 0.321. The van der Waals surface area contributed by atoms with Gasteiger partial charge in [-0.2, -0.15) is 0 Å². The molecule has 2 spiro atoms. The molecule has 4 aliphatic rings. The highest BCUT2D eigenvalue weighted by atomic mass is 19.1. The zero-order chi connectivity index (χ0) is 25.1. The zero-order valence-corrected chi connectivity index (χ0v) is 20.6.